The maximum Gasteiger partial charge on any atom is 0.257 e. The number of sulfonamides is 1. The molecular formula is C27H36N6O4S. The molecule has 0 bridgehead atoms. The second-order valence-corrected chi connectivity index (χ2v) is 11.4. The van der Waals surface area contributed by atoms with E-state index in [0.29, 0.717) is 69.7 Å². The molecule has 0 unspecified atom stereocenters. The van der Waals surface area contributed by atoms with Crippen LogP contribution in [-0.4, -0.2) is 71.8 Å². The van der Waals surface area contributed by atoms with Gasteiger partial charge in [-0.25, -0.2) is 12.9 Å². The number of piperidine rings is 1. The van der Waals surface area contributed by atoms with E-state index in [4.69, 9.17) is 5.73 Å². The zero-order valence-corrected chi connectivity index (χ0v) is 22.8. The number of amides is 2. The highest BCUT2D eigenvalue weighted by Gasteiger charge is 2.30. The summed E-state index contributed by atoms with van der Waals surface area (Å²) < 4.78 is 29.7. The zero-order chi connectivity index (χ0) is 27.3. The number of nitrogens with one attached hydrogen (secondary N) is 1. The lowest BCUT2D eigenvalue weighted by Gasteiger charge is -2.31. The van der Waals surface area contributed by atoms with Gasteiger partial charge < -0.3 is 16.0 Å². The van der Waals surface area contributed by atoms with E-state index in [1.807, 2.05) is 32.2 Å². The molecule has 38 heavy (non-hydrogen) atoms. The Kier molecular flexibility index (Phi) is 8.80. The first-order valence-corrected chi connectivity index (χ1v) is 14.6. The van der Waals surface area contributed by atoms with Crippen LogP contribution in [0.15, 0.2) is 53.7 Å². The van der Waals surface area contributed by atoms with Crippen molar-refractivity contribution in [2.75, 3.05) is 38.0 Å². The monoisotopic (exact) mass is 540 g/mol. The summed E-state index contributed by atoms with van der Waals surface area (Å²) in [5.74, 6) is -0.000131. The smallest absolute Gasteiger partial charge is 0.257 e. The average molecular weight is 541 g/mol. The van der Waals surface area contributed by atoms with Crippen molar-refractivity contribution < 1.29 is 18.0 Å². The Balaban J connectivity index is 1.42. The number of hydrogen-bond acceptors (Lipinski definition) is 6. The van der Waals surface area contributed by atoms with Crippen molar-refractivity contribution in [1.82, 2.24) is 18.8 Å². The molecular weight excluding hydrogens is 504 g/mol. The molecule has 1 aromatic carbocycles. The van der Waals surface area contributed by atoms with Gasteiger partial charge in [0.1, 0.15) is 0 Å². The molecule has 4 rings (SSSR count). The number of anilines is 1. The van der Waals surface area contributed by atoms with Crippen molar-refractivity contribution in [1.29, 1.82) is 0 Å². The summed E-state index contributed by atoms with van der Waals surface area (Å²) in [6.45, 7) is 6.42. The molecule has 3 N–H and O–H groups in total. The van der Waals surface area contributed by atoms with Gasteiger partial charge in [0.15, 0.2) is 0 Å². The number of benzene rings is 1. The Morgan fingerprint density at radius 2 is 1.79 bits per heavy atom. The first-order valence-electron chi connectivity index (χ1n) is 13.1. The number of nitrogens with two attached hydrogens (primary N) is 1. The summed E-state index contributed by atoms with van der Waals surface area (Å²) in [5.41, 5.74) is 8.42. The summed E-state index contributed by atoms with van der Waals surface area (Å²) in [4.78, 5) is 26.8. The fourth-order valence-corrected chi connectivity index (χ4v) is 6.34. The molecule has 0 aliphatic carbocycles. The highest BCUT2D eigenvalue weighted by Crippen LogP contribution is 2.32. The quantitative estimate of drug-likeness (QED) is 0.407. The molecule has 2 amide bonds. The van der Waals surface area contributed by atoms with Crippen LogP contribution < -0.4 is 11.1 Å². The molecule has 0 saturated carbocycles. The summed E-state index contributed by atoms with van der Waals surface area (Å²) >= 11 is 0. The van der Waals surface area contributed by atoms with Crippen LogP contribution in [0.4, 0.5) is 5.69 Å². The van der Waals surface area contributed by atoms with Crippen LogP contribution in [0.5, 0.6) is 0 Å². The number of pyridine rings is 1. The molecule has 1 aliphatic heterocycles. The minimum atomic E-state index is -3.65. The van der Waals surface area contributed by atoms with Gasteiger partial charge >= 0.3 is 0 Å². The van der Waals surface area contributed by atoms with Crippen LogP contribution in [0.3, 0.4) is 0 Å². The maximum absolute atomic E-state index is 13.3. The fraction of sp³-hybridized carbons (Fsp3) is 0.444. The van der Waals surface area contributed by atoms with Gasteiger partial charge in [-0.1, -0.05) is 0 Å². The number of nitrogens with zero attached hydrogens (tertiary/aromatic N) is 4. The first-order chi connectivity index (χ1) is 18.3. The number of carbonyl (C=O) groups excluding carboxylic acids is 2. The van der Waals surface area contributed by atoms with Crippen molar-refractivity contribution in [3.63, 3.8) is 0 Å². The molecule has 204 valence electrons. The third-order valence-electron chi connectivity index (χ3n) is 7.14. The highest BCUT2D eigenvalue weighted by molar-refractivity contribution is 7.89. The number of carbonyl (C=O) groups is 2. The van der Waals surface area contributed by atoms with Gasteiger partial charge in [0.2, 0.25) is 15.9 Å². The molecule has 1 fully saturated rings. The molecule has 0 atom stereocenters. The fourth-order valence-electron chi connectivity index (χ4n) is 4.87. The van der Waals surface area contributed by atoms with Gasteiger partial charge in [0, 0.05) is 44.5 Å². The van der Waals surface area contributed by atoms with Gasteiger partial charge in [-0.15, -0.1) is 0 Å². The molecule has 3 heterocycles. The third-order valence-corrected chi connectivity index (χ3v) is 9.05. The summed E-state index contributed by atoms with van der Waals surface area (Å²) in [6.07, 6.45) is 5.76. The predicted molar refractivity (Wildman–Crippen MR) is 147 cm³/mol. The molecule has 10 nitrogen and oxygen atoms in total. The van der Waals surface area contributed by atoms with Gasteiger partial charge in [0.05, 0.1) is 22.2 Å². The SMILES string of the molecule is CCN(CC)C(=O)c1cnn2ccc(C3CCN(S(=O)(=O)c4ccc(NC(=O)CCCN)cc4)CC3)cc12. The van der Waals surface area contributed by atoms with Crippen molar-refractivity contribution in [3.05, 3.63) is 59.9 Å². The predicted octanol–water partition coefficient (Wildman–Crippen LogP) is 3.06. The van der Waals surface area contributed by atoms with Gasteiger partial charge in [-0.3, -0.25) is 9.59 Å². The van der Waals surface area contributed by atoms with E-state index >= 15 is 0 Å². The lowest BCUT2D eigenvalue weighted by Crippen LogP contribution is -2.37. The van der Waals surface area contributed by atoms with E-state index < -0.39 is 10.0 Å². The first kappa shape index (κ1) is 27.7. The topological polar surface area (TPSA) is 130 Å². The van der Waals surface area contributed by atoms with Crippen LogP contribution in [0.1, 0.15) is 61.4 Å². The van der Waals surface area contributed by atoms with Gasteiger partial charge in [-0.05, 0) is 87.5 Å². The van der Waals surface area contributed by atoms with E-state index in [2.05, 4.69) is 10.4 Å². The summed E-state index contributed by atoms with van der Waals surface area (Å²) in [5, 5.41) is 7.10. The molecule has 1 saturated heterocycles. The van der Waals surface area contributed by atoms with Crippen LogP contribution in [0.2, 0.25) is 0 Å². The van der Waals surface area contributed by atoms with E-state index in [1.165, 1.54) is 16.4 Å². The molecule has 0 spiro atoms. The van der Waals surface area contributed by atoms with E-state index in [-0.39, 0.29) is 22.6 Å². The third kappa shape index (κ3) is 5.90. The number of aromatic nitrogens is 2. The van der Waals surface area contributed by atoms with E-state index in [9.17, 15) is 18.0 Å². The summed E-state index contributed by atoms with van der Waals surface area (Å²) in [7, 11) is -3.65. The lowest BCUT2D eigenvalue weighted by molar-refractivity contribution is -0.116. The second kappa shape index (κ2) is 12.1. The van der Waals surface area contributed by atoms with E-state index in [0.717, 1.165) is 11.1 Å². The van der Waals surface area contributed by atoms with Crippen molar-refractivity contribution >= 4 is 33.0 Å². The van der Waals surface area contributed by atoms with Gasteiger partial charge in [0.25, 0.3) is 5.91 Å². The van der Waals surface area contributed by atoms with Crippen LogP contribution >= 0.6 is 0 Å². The lowest BCUT2D eigenvalue weighted by atomic mass is 9.90. The molecule has 2 aromatic heterocycles. The number of fused-ring (bicyclic) bond motifs is 1. The van der Waals surface area contributed by atoms with Crippen molar-refractivity contribution in [2.45, 2.75) is 50.3 Å². The minimum absolute atomic E-state index is 0.0378. The van der Waals surface area contributed by atoms with Gasteiger partial charge in [-0.2, -0.15) is 9.40 Å². The minimum Gasteiger partial charge on any atom is -0.339 e. The Morgan fingerprint density at radius 1 is 1.11 bits per heavy atom. The summed E-state index contributed by atoms with van der Waals surface area (Å²) in [6, 6.07) is 10.3. The Morgan fingerprint density at radius 3 is 2.42 bits per heavy atom. The molecule has 3 aromatic rings. The Labute approximate surface area is 223 Å². The molecule has 11 heteroatoms. The maximum atomic E-state index is 13.3. The van der Waals surface area contributed by atoms with Crippen molar-refractivity contribution in [2.24, 2.45) is 5.73 Å². The zero-order valence-electron chi connectivity index (χ0n) is 22.0. The Bertz CT molecular complexity index is 1370. The van der Waals surface area contributed by atoms with Crippen LogP contribution in [-0.2, 0) is 14.8 Å². The molecule has 1 aliphatic rings. The average Bonchev–Trinajstić information content (AvgIpc) is 3.36. The molecule has 0 radical (unpaired) electrons. The van der Waals surface area contributed by atoms with Crippen LogP contribution in [0.25, 0.3) is 5.52 Å². The standard InChI is InChI=1S/C27H36N6O4S/c1-3-31(4-2)27(35)24-19-29-33-17-13-21(18-25(24)33)20-11-15-32(16-12-20)38(36,37)23-9-7-22(8-10-23)30-26(34)6-5-14-28/h7-10,13,17-20H,3-6,11-12,14-16,28H2,1-2H3,(H,30,34). The van der Waals surface area contributed by atoms with E-state index in [1.54, 1.807) is 27.7 Å². The Hall–Kier alpha value is -3.28. The van der Waals surface area contributed by atoms with Crippen molar-refractivity contribution in [3.8, 4) is 0 Å². The highest BCUT2D eigenvalue weighted by atomic mass is 32.2. The van der Waals surface area contributed by atoms with Crippen LogP contribution in [0, 0.1) is 0 Å². The number of rotatable bonds is 10. The number of hydrogen-bond donors (Lipinski definition) is 2. The largest absolute Gasteiger partial charge is 0.339 e. The second-order valence-electron chi connectivity index (χ2n) is 9.47. The normalized spacial score (nSPS) is 15.0.